The molecular formula is C16H15BrO2. The van der Waals surface area contributed by atoms with E-state index in [4.69, 9.17) is 4.74 Å². The minimum atomic E-state index is -0.221. The predicted octanol–water partition coefficient (Wildman–Crippen LogP) is 3.25. The number of hydrogen-bond acceptors (Lipinski definition) is 2. The first kappa shape index (κ1) is 12.8. The Labute approximate surface area is 121 Å². The third-order valence-electron chi connectivity index (χ3n) is 3.84. The highest BCUT2D eigenvalue weighted by atomic mass is 79.9. The molecule has 2 atom stereocenters. The van der Waals surface area contributed by atoms with Crippen LogP contribution in [0, 0.1) is 5.41 Å². The number of halogens is 1. The molecule has 1 aromatic carbocycles. The molecule has 3 rings (SSSR count). The second-order valence-electron chi connectivity index (χ2n) is 5.10. The maximum Gasteiger partial charge on any atom is 0.178 e. The minimum absolute atomic E-state index is 0.0501. The molecule has 0 radical (unpaired) electrons. The lowest BCUT2D eigenvalue weighted by atomic mass is 9.68. The van der Waals surface area contributed by atoms with Crippen molar-refractivity contribution < 1.29 is 9.53 Å². The molecule has 1 spiro atoms. The fourth-order valence-corrected chi connectivity index (χ4v) is 3.92. The maximum absolute atomic E-state index is 11.4. The molecule has 0 amide bonds. The van der Waals surface area contributed by atoms with Gasteiger partial charge in [-0.2, -0.15) is 0 Å². The number of carbonyl (C=O) groups excluding carboxylic acids is 1. The molecule has 2 nitrogen and oxygen atoms in total. The first-order valence-electron chi connectivity index (χ1n) is 6.40. The molecule has 19 heavy (non-hydrogen) atoms. The highest BCUT2D eigenvalue weighted by molar-refractivity contribution is 9.09. The molecule has 0 N–H and O–H groups in total. The molecule has 0 saturated carbocycles. The first-order valence-corrected chi connectivity index (χ1v) is 7.32. The van der Waals surface area contributed by atoms with Crippen LogP contribution < -0.4 is 0 Å². The second-order valence-corrected chi connectivity index (χ2v) is 6.28. The van der Waals surface area contributed by atoms with Crippen molar-refractivity contribution in [3.63, 3.8) is 0 Å². The van der Waals surface area contributed by atoms with Gasteiger partial charge < -0.3 is 4.74 Å². The fraction of sp³-hybridized carbons (Fsp3) is 0.312. The van der Waals surface area contributed by atoms with Crippen molar-refractivity contribution in [1.29, 1.82) is 0 Å². The Balaban J connectivity index is 2.04. The first-order chi connectivity index (χ1) is 9.21. The van der Waals surface area contributed by atoms with Crippen LogP contribution in [0.4, 0.5) is 0 Å². The molecule has 1 aromatic rings. The fourth-order valence-electron chi connectivity index (χ4n) is 2.94. The Morgan fingerprint density at radius 2 is 1.84 bits per heavy atom. The van der Waals surface area contributed by atoms with Crippen molar-refractivity contribution in [3.8, 4) is 0 Å². The van der Waals surface area contributed by atoms with E-state index in [1.165, 1.54) is 5.56 Å². The minimum Gasteiger partial charge on any atom is -0.379 e. The zero-order valence-corrected chi connectivity index (χ0v) is 12.0. The molecule has 1 aliphatic heterocycles. The molecule has 2 aliphatic rings. The standard InChI is InChI=1S/C16H15BrO2/c17-14-10-19-11-16(8-6-13(18)7-9-16)15(14)12-4-2-1-3-5-12/h1-9,14-15H,10-11H2/t14-,15+/m0/s1. The van der Waals surface area contributed by atoms with Gasteiger partial charge in [0.05, 0.1) is 13.2 Å². The monoisotopic (exact) mass is 318 g/mol. The average Bonchev–Trinajstić information content (AvgIpc) is 2.43. The van der Waals surface area contributed by atoms with E-state index in [0.29, 0.717) is 13.2 Å². The van der Waals surface area contributed by atoms with Gasteiger partial charge in [-0.25, -0.2) is 0 Å². The Bertz CT molecular complexity index is 517. The van der Waals surface area contributed by atoms with E-state index in [2.05, 4.69) is 40.2 Å². The molecule has 1 aliphatic carbocycles. The van der Waals surface area contributed by atoms with Crippen LogP contribution in [0.1, 0.15) is 11.5 Å². The lowest BCUT2D eigenvalue weighted by molar-refractivity contribution is -0.110. The number of carbonyl (C=O) groups is 1. The summed E-state index contributed by atoms with van der Waals surface area (Å²) in [6.07, 6.45) is 7.32. The average molecular weight is 319 g/mol. The number of benzene rings is 1. The summed E-state index contributed by atoms with van der Waals surface area (Å²) < 4.78 is 5.70. The van der Waals surface area contributed by atoms with E-state index >= 15 is 0 Å². The smallest absolute Gasteiger partial charge is 0.178 e. The number of allylic oxidation sites excluding steroid dienone is 2. The number of ketones is 1. The van der Waals surface area contributed by atoms with Crippen molar-refractivity contribution in [1.82, 2.24) is 0 Å². The summed E-state index contributed by atoms with van der Waals surface area (Å²) in [6.45, 7) is 1.31. The normalized spacial score (nSPS) is 28.8. The number of alkyl halides is 1. The van der Waals surface area contributed by atoms with Crippen LogP contribution in [-0.2, 0) is 9.53 Å². The molecule has 0 aromatic heterocycles. The van der Waals surface area contributed by atoms with E-state index in [9.17, 15) is 4.79 Å². The van der Waals surface area contributed by atoms with Crippen molar-refractivity contribution in [2.24, 2.45) is 5.41 Å². The van der Waals surface area contributed by atoms with Gasteiger partial charge >= 0.3 is 0 Å². The Morgan fingerprint density at radius 1 is 1.16 bits per heavy atom. The molecule has 1 saturated heterocycles. The van der Waals surface area contributed by atoms with Gasteiger partial charge in [0, 0.05) is 16.2 Å². The van der Waals surface area contributed by atoms with Crippen molar-refractivity contribution in [2.75, 3.05) is 13.2 Å². The van der Waals surface area contributed by atoms with Gasteiger partial charge in [-0.05, 0) is 17.7 Å². The molecule has 1 heterocycles. The van der Waals surface area contributed by atoms with Crippen LogP contribution >= 0.6 is 15.9 Å². The van der Waals surface area contributed by atoms with Gasteiger partial charge in [0.2, 0.25) is 0 Å². The third kappa shape index (κ3) is 2.33. The predicted molar refractivity (Wildman–Crippen MR) is 78.4 cm³/mol. The van der Waals surface area contributed by atoms with E-state index < -0.39 is 0 Å². The van der Waals surface area contributed by atoms with Gasteiger partial charge in [0.25, 0.3) is 0 Å². The highest BCUT2D eigenvalue weighted by Crippen LogP contribution is 2.47. The van der Waals surface area contributed by atoms with E-state index in [0.717, 1.165) is 0 Å². The Morgan fingerprint density at radius 3 is 2.53 bits per heavy atom. The van der Waals surface area contributed by atoms with Gasteiger partial charge in [0.1, 0.15) is 0 Å². The summed E-state index contributed by atoms with van der Waals surface area (Å²) in [5, 5.41) is 0. The van der Waals surface area contributed by atoms with Crippen molar-refractivity contribution in [3.05, 3.63) is 60.2 Å². The van der Waals surface area contributed by atoms with E-state index in [-0.39, 0.29) is 21.9 Å². The van der Waals surface area contributed by atoms with Gasteiger partial charge in [-0.15, -0.1) is 0 Å². The van der Waals surface area contributed by atoms with Crippen LogP contribution in [-0.4, -0.2) is 23.8 Å². The summed E-state index contributed by atoms with van der Waals surface area (Å²) in [5.41, 5.74) is 1.05. The number of rotatable bonds is 1. The van der Waals surface area contributed by atoms with Crippen molar-refractivity contribution in [2.45, 2.75) is 10.7 Å². The van der Waals surface area contributed by atoms with Crippen LogP contribution in [0.2, 0.25) is 0 Å². The quantitative estimate of drug-likeness (QED) is 0.743. The number of ether oxygens (including phenoxy) is 1. The van der Waals surface area contributed by atoms with Crippen LogP contribution in [0.15, 0.2) is 54.6 Å². The van der Waals surface area contributed by atoms with Crippen LogP contribution in [0.25, 0.3) is 0 Å². The Hall–Kier alpha value is -1.19. The second kappa shape index (κ2) is 5.06. The largest absolute Gasteiger partial charge is 0.379 e. The summed E-state index contributed by atoms with van der Waals surface area (Å²) in [4.78, 5) is 11.6. The van der Waals surface area contributed by atoms with E-state index in [1.807, 2.05) is 18.2 Å². The zero-order chi connectivity index (χ0) is 13.3. The van der Waals surface area contributed by atoms with Crippen molar-refractivity contribution >= 4 is 21.7 Å². The zero-order valence-electron chi connectivity index (χ0n) is 10.5. The molecular weight excluding hydrogens is 304 g/mol. The van der Waals surface area contributed by atoms with Crippen LogP contribution in [0.3, 0.4) is 0 Å². The number of hydrogen-bond donors (Lipinski definition) is 0. The Kier molecular flexibility index (Phi) is 3.42. The molecule has 3 heteroatoms. The summed E-state index contributed by atoms with van der Waals surface area (Å²) >= 11 is 3.74. The molecule has 98 valence electrons. The van der Waals surface area contributed by atoms with Gasteiger partial charge in [0.15, 0.2) is 5.78 Å². The van der Waals surface area contributed by atoms with Gasteiger partial charge in [-0.3, -0.25) is 4.79 Å². The highest BCUT2D eigenvalue weighted by Gasteiger charge is 2.44. The molecule has 0 unspecified atom stereocenters. The summed E-state index contributed by atoms with van der Waals surface area (Å²) in [5.74, 6) is 0.331. The third-order valence-corrected chi connectivity index (χ3v) is 4.64. The lowest BCUT2D eigenvalue weighted by Crippen LogP contribution is -2.43. The van der Waals surface area contributed by atoms with E-state index in [1.54, 1.807) is 12.2 Å². The molecule has 0 bridgehead atoms. The summed E-state index contributed by atoms with van der Waals surface area (Å²) in [6, 6.07) is 10.4. The van der Waals surface area contributed by atoms with Crippen LogP contribution in [0.5, 0.6) is 0 Å². The maximum atomic E-state index is 11.4. The lowest BCUT2D eigenvalue weighted by Gasteiger charge is -2.44. The SMILES string of the molecule is O=C1C=CC2(C=C1)COC[C@H](Br)[C@H]2c1ccccc1. The summed E-state index contributed by atoms with van der Waals surface area (Å²) in [7, 11) is 0. The molecule has 1 fully saturated rings. The van der Waals surface area contributed by atoms with Gasteiger partial charge in [-0.1, -0.05) is 58.4 Å². The topological polar surface area (TPSA) is 26.3 Å².